The van der Waals surface area contributed by atoms with Crippen LogP contribution in [0.5, 0.6) is 0 Å². The van der Waals surface area contributed by atoms with Crippen molar-refractivity contribution in [2.45, 2.75) is 84.6 Å². The predicted molar refractivity (Wildman–Crippen MR) is 100 cm³/mol. The van der Waals surface area contributed by atoms with Gasteiger partial charge in [-0.2, -0.15) is 0 Å². The molecule has 0 atom stereocenters. The van der Waals surface area contributed by atoms with Crippen LogP contribution in [-0.4, -0.2) is 17.2 Å². The van der Waals surface area contributed by atoms with Crippen LogP contribution in [0.15, 0.2) is 24.3 Å². The number of Topliss-reactive ketones (excluding diaryl/α,β-unsaturated/α-hetero) is 1. The summed E-state index contributed by atoms with van der Waals surface area (Å²) in [4.78, 5) is 23.4. The maximum Gasteiger partial charge on any atom is 0.217 e. The van der Waals surface area contributed by atoms with Crippen LogP contribution in [0.2, 0.25) is 0 Å². The molecule has 1 aromatic rings. The number of hydrogen-bond acceptors (Lipinski definition) is 2. The summed E-state index contributed by atoms with van der Waals surface area (Å²) in [7, 11) is 0. The zero-order chi connectivity index (χ0) is 18.0. The summed E-state index contributed by atoms with van der Waals surface area (Å²) >= 11 is 0. The summed E-state index contributed by atoms with van der Waals surface area (Å²) in [6.45, 7) is 7.81. The molecule has 0 aliphatic rings. The normalized spacial score (nSPS) is 11.3. The van der Waals surface area contributed by atoms with E-state index in [2.05, 4.69) is 12.2 Å². The van der Waals surface area contributed by atoms with Crippen molar-refractivity contribution >= 4 is 11.7 Å². The molecule has 0 unspecified atom stereocenters. The maximum atomic E-state index is 12.2. The molecular weight excluding hydrogens is 298 g/mol. The van der Waals surface area contributed by atoms with Crippen LogP contribution in [0.4, 0.5) is 0 Å². The first-order valence-corrected chi connectivity index (χ1v) is 9.25. The highest BCUT2D eigenvalue weighted by Gasteiger charge is 2.18. The molecule has 0 saturated carbocycles. The van der Waals surface area contributed by atoms with Crippen LogP contribution in [0, 0.1) is 0 Å². The SMILES string of the molecule is CCCCCCCC(=O)c1ccc(CCC(C)(C)NC(C)=O)cc1. The van der Waals surface area contributed by atoms with Gasteiger partial charge in [-0.3, -0.25) is 9.59 Å². The van der Waals surface area contributed by atoms with Gasteiger partial charge in [0, 0.05) is 24.4 Å². The molecule has 1 amide bonds. The Morgan fingerprint density at radius 1 is 1.00 bits per heavy atom. The van der Waals surface area contributed by atoms with Crippen molar-refractivity contribution in [3.63, 3.8) is 0 Å². The molecule has 0 spiro atoms. The van der Waals surface area contributed by atoms with E-state index in [9.17, 15) is 9.59 Å². The Bertz CT molecular complexity index is 517. The quantitative estimate of drug-likeness (QED) is 0.454. The lowest BCUT2D eigenvalue weighted by Gasteiger charge is -2.25. The lowest BCUT2D eigenvalue weighted by molar-refractivity contribution is -0.120. The average molecular weight is 332 g/mol. The first-order valence-electron chi connectivity index (χ1n) is 9.25. The highest BCUT2D eigenvalue weighted by molar-refractivity contribution is 5.96. The van der Waals surface area contributed by atoms with Crippen molar-refractivity contribution in [3.05, 3.63) is 35.4 Å². The largest absolute Gasteiger partial charge is 0.351 e. The minimum atomic E-state index is -0.210. The molecule has 0 aromatic heterocycles. The monoisotopic (exact) mass is 331 g/mol. The number of hydrogen-bond donors (Lipinski definition) is 1. The van der Waals surface area contributed by atoms with Gasteiger partial charge in [-0.15, -0.1) is 0 Å². The first kappa shape index (κ1) is 20.4. The van der Waals surface area contributed by atoms with Gasteiger partial charge in [-0.05, 0) is 38.7 Å². The highest BCUT2D eigenvalue weighted by atomic mass is 16.1. The molecule has 1 aromatic carbocycles. The average Bonchev–Trinajstić information content (AvgIpc) is 2.52. The molecule has 0 radical (unpaired) electrons. The molecule has 0 saturated heterocycles. The number of ketones is 1. The molecular formula is C21H33NO2. The Balaban J connectivity index is 2.42. The Morgan fingerprint density at radius 2 is 1.62 bits per heavy atom. The summed E-state index contributed by atoms with van der Waals surface area (Å²) in [5, 5.41) is 2.96. The molecule has 0 bridgehead atoms. The molecule has 0 aliphatic carbocycles. The van der Waals surface area contributed by atoms with Crippen molar-refractivity contribution in [1.29, 1.82) is 0 Å². The van der Waals surface area contributed by atoms with E-state index in [1.165, 1.54) is 24.8 Å². The van der Waals surface area contributed by atoms with Crippen LogP contribution in [0.25, 0.3) is 0 Å². The second kappa shape index (κ2) is 10.3. The van der Waals surface area contributed by atoms with E-state index in [1.54, 1.807) is 6.92 Å². The number of amides is 1. The maximum absolute atomic E-state index is 12.2. The molecule has 3 nitrogen and oxygen atoms in total. The summed E-state index contributed by atoms with van der Waals surface area (Å²) in [5.74, 6) is 0.247. The van der Waals surface area contributed by atoms with E-state index in [0.717, 1.165) is 31.2 Å². The van der Waals surface area contributed by atoms with Gasteiger partial charge in [0.15, 0.2) is 5.78 Å². The van der Waals surface area contributed by atoms with Gasteiger partial charge >= 0.3 is 0 Å². The molecule has 0 fully saturated rings. The van der Waals surface area contributed by atoms with Crippen LogP contribution >= 0.6 is 0 Å². The van der Waals surface area contributed by atoms with E-state index in [0.29, 0.717) is 6.42 Å². The van der Waals surface area contributed by atoms with Gasteiger partial charge in [0.1, 0.15) is 0 Å². The Hall–Kier alpha value is -1.64. The zero-order valence-electron chi connectivity index (χ0n) is 15.8. The number of carbonyl (C=O) groups is 2. The second-order valence-electron chi connectivity index (χ2n) is 7.35. The lowest BCUT2D eigenvalue weighted by atomic mass is 9.94. The topological polar surface area (TPSA) is 46.2 Å². The van der Waals surface area contributed by atoms with E-state index in [-0.39, 0.29) is 17.2 Å². The van der Waals surface area contributed by atoms with E-state index in [1.807, 2.05) is 38.1 Å². The number of benzene rings is 1. The third-order valence-electron chi connectivity index (χ3n) is 4.34. The fourth-order valence-corrected chi connectivity index (χ4v) is 2.89. The van der Waals surface area contributed by atoms with Gasteiger partial charge in [-0.1, -0.05) is 56.9 Å². The molecule has 3 heteroatoms. The van der Waals surface area contributed by atoms with Crippen LogP contribution in [-0.2, 0) is 11.2 Å². The third kappa shape index (κ3) is 8.28. The number of carbonyl (C=O) groups excluding carboxylic acids is 2. The number of rotatable bonds is 11. The van der Waals surface area contributed by atoms with E-state index in [4.69, 9.17) is 0 Å². The second-order valence-corrected chi connectivity index (χ2v) is 7.35. The van der Waals surface area contributed by atoms with Crippen molar-refractivity contribution in [3.8, 4) is 0 Å². The lowest BCUT2D eigenvalue weighted by Crippen LogP contribution is -2.42. The number of unbranched alkanes of at least 4 members (excludes halogenated alkanes) is 4. The summed E-state index contributed by atoms with van der Waals surface area (Å²) < 4.78 is 0. The third-order valence-corrected chi connectivity index (χ3v) is 4.34. The van der Waals surface area contributed by atoms with E-state index >= 15 is 0 Å². The fourth-order valence-electron chi connectivity index (χ4n) is 2.89. The van der Waals surface area contributed by atoms with Crippen molar-refractivity contribution in [1.82, 2.24) is 5.32 Å². The molecule has 1 rings (SSSR count). The highest BCUT2D eigenvalue weighted by Crippen LogP contribution is 2.16. The van der Waals surface area contributed by atoms with Gasteiger partial charge < -0.3 is 5.32 Å². The standard InChI is InChI=1S/C21H33NO2/c1-5-6-7-8-9-10-20(24)19-13-11-18(12-14-19)15-16-21(3,4)22-17(2)23/h11-14H,5-10,15-16H2,1-4H3,(H,22,23). The Morgan fingerprint density at radius 3 is 2.21 bits per heavy atom. The van der Waals surface area contributed by atoms with Crippen molar-refractivity contribution in [2.75, 3.05) is 0 Å². The van der Waals surface area contributed by atoms with Crippen molar-refractivity contribution < 1.29 is 9.59 Å². The van der Waals surface area contributed by atoms with Crippen LogP contribution in [0.1, 0.15) is 88.6 Å². The zero-order valence-corrected chi connectivity index (χ0v) is 15.8. The van der Waals surface area contributed by atoms with E-state index < -0.39 is 0 Å². The summed E-state index contributed by atoms with van der Waals surface area (Å²) in [6.07, 6.45) is 8.27. The van der Waals surface area contributed by atoms with Gasteiger partial charge in [0.2, 0.25) is 5.91 Å². The van der Waals surface area contributed by atoms with Crippen molar-refractivity contribution in [2.24, 2.45) is 0 Å². The predicted octanol–water partition coefficient (Wildman–Crippen LogP) is 5.08. The van der Waals surface area contributed by atoms with Crippen LogP contribution in [0.3, 0.4) is 0 Å². The van der Waals surface area contributed by atoms with Crippen LogP contribution < -0.4 is 5.32 Å². The summed E-state index contributed by atoms with van der Waals surface area (Å²) in [6, 6.07) is 7.95. The Kier molecular flexibility index (Phi) is 8.73. The molecule has 24 heavy (non-hydrogen) atoms. The number of aryl methyl sites for hydroxylation is 1. The molecule has 0 aliphatic heterocycles. The fraction of sp³-hybridized carbons (Fsp3) is 0.619. The smallest absolute Gasteiger partial charge is 0.217 e. The molecule has 0 heterocycles. The Labute approximate surface area is 147 Å². The molecule has 1 N–H and O–H groups in total. The molecule has 134 valence electrons. The minimum Gasteiger partial charge on any atom is -0.351 e. The minimum absolute atomic E-state index is 0.000110. The van der Waals surface area contributed by atoms with Gasteiger partial charge in [0.25, 0.3) is 0 Å². The summed E-state index contributed by atoms with van der Waals surface area (Å²) in [5.41, 5.74) is 1.81. The number of nitrogens with one attached hydrogen (secondary N) is 1. The van der Waals surface area contributed by atoms with Gasteiger partial charge in [0.05, 0.1) is 0 Å². The first-order chi connectivity index (χ1) is 11.3. The van der Waals surface area contributed by atoms with Gasteiger partial charge in [-0.25, -0.2) is 0 Å².